The Bertz CT molecular complexity index is 325. The van der Waals surface area contributed by atoms with Gasteiger partial charge < -0.3 is 0 Å². The van der Waals surface area contributed by atoms with E-state index in [1.165, 1.54) is 6.07 Å². The van der Waals surface area contributed by atoms with Crippen molar-refractivity contribution in [3.63, 3.8) is 0 Å². The minimum atomic E-state index is -0.153. The van der Waals surface area contributed by atoms with Gasteiger partial charge in [0, 0.05) is 9.85 Å². The summed E-state index contributed by atoms with van der Waals surface area (Å²) in [5, 5.41) is 0.0815. The average molecular weight is 294 g/mol. The maximum atomic E-state index is 13.5. The first-order chi connectivity index (χ1) is 7.04. The monoisotopic (exact) mass is 292 g/mol. The summed E-state index contributed by atoms with van der Waals surface area (Å²) >= 11 is 9.29. The van der Waals surface area contributed by atoms with Crippen LogP contribution in [0.2, 0.25) is 0 Å². The number of alkyl halides is 1. The molecule has 0 aliphatic carbocycles. The van der Waals surface area contributed by atoms with E-state index in [2.05, 4.69) is 22.9 Å². The molecule has 0 saturated carbocycles. The van der Waals surface area contributed by atoms with Gasteiger partial charge in [-0.05, 0) is 37.0 Å². The molecule has 0 aliphatic rings. The van der Waals surface area contributed by atoms with Crippen molar-refractivity contribution in [3.05, 3.63) is 34.1 Å². The van der Waals surface area contributed by atoms with Crippen molar-refractivity contribution >= 4 is 27.5 Å². The Hall–Kier alpha value is -0.0800. The maximum Gasteiger partial charge on any atom is 0.127 e. The zero-order valence-corrected chi connectivity index (χ0v) is 11.3. The molecule has 0 saturated heterocycles. The molecule has 0 spiro atoms. The van der Waals surface area contributed by atoms with E-state index in [0.717, 1.165) is 16.5 Å². The Kier molecular flexibility index (Phi) is 5.07. The molecule has 0 aromatic heterocycles. The van der Waals surface area contributed by atoms with E-state index in [1.54, 1.807) is 0 Å². The zero-order valence-electron chi connectivity index (χ0n) is 8.93. The maximum absolute atomic E-state index is 13.5. The zero-order chi connectivity index (χ0) is 11.4. The van der Waals surface area contributed by atoms with Gasteiger partial charge in [-0.15, -0.1) is 11.6 Å². The van der Waals surface area contributed by atoms with Crippen molar-refractivity contribution in [1.82, 2.24) is 0 Å². The lowest BCUT2D eigenvalue weighted by molar-refractivity contribution is 0.482. The summed E-state index contributed by atoms with van der Waals surface area (Å²) in [6.45, 7) is 4.05. The molecule has 0 amide bonds. The molecule has 0 heterocycles. The fourth-order valence-corrected chi connectivity index (χ4v) is 2.20. The Morgan fingerprint density at radius 3 is 2.60 bits per heavy atom. The van der Waals surface area contributed by atoms with Crippen LogP contribution in [0.1, 0.15) is 25.8 Å². The van der Waals surface area contributed by atoms with Crippen molar-refractivity contribution in [3.8, 4) is 0 Å². The van der Waals surface area contributed by atoms with Gasteiger partial charge in [0.1, 0.15) is 5.82 Å². The largest absolute Gasteiger partial charge is 0.207 e. The predicted molar refractivity (Wildman–Crippen MR) is 66.9 cm³/mol. The fourth-order valence-electron chi connectivity index (χ4n) is 1.60. The van der Waals surface area contributed by atoms with Crippen LogP contribution in [0, 0.1) is 11.7 Å². The highest BCUT2D eigenvalue weighted by molar-refractivity contribution is 9.10. The van der Waals surface area contributed by atoms with Crippen molar-refractivity contribution in [2.75, 3.05) is 0 Å². The molecule has 15 heavy (non-hydrogen) atoms. The molecule has 3 heteroatoms. The van der Waals surface area contributed by atoms with Gasteiger partial charge in [-0.1, -0.05) is 35.3 Å². The van der Waals surface area contributed by atoms with Gasteiger partial charge in [-0.25, -0.2) is 4.39 Å². The van der Waals surface area contributed by atoms with E-state index in [1.807, 2.05) is 19.1 Å². The fraction of sp³-hybridized carbons (Fsp3) is 0.500. The molecule has 1 aromatic rings. The van der Waals surface area contributed by atoms with Crippen molar-refractivity contribution in [2.24, 2.45) is 5.92 Å². The molecule has 0 radical (unpaired) electrons. The summed E-state index contributed by atoms with van der Waals surface area (Å²) in [6.07, 6.45) is 1.68. The number of halogens is 3. The van der Waals surface area contributed by atoms with Crippen molar-refractivity contribution in [1.29, 1.82) is 0 Å². The number of hydrogen-bond acceptors (Lipinski definition) is 0. The highest BCUT2D eigenvalue weighted by atomic mass is 79.9. The second-order valence-electron chi connectivity index (χ2n) is 3.79. The summed E-state index contributed by atoms with van der Waals surface area (Å²) in [4.78, 5) is 0. The quantitative estimate of drug-likeness (QED) is 0.701. The van der Waals surface area contributed by atoms with Crippen LogP contribution in [-0.2, 0) is 6.42 Å². The minimum Gasteiger partial charge on any atom is -0.207 e. The summed E-state index contributed by atoms with van der Waals surface area (Å²) in [7, 11) is 0. The number of hydrogen-bond donors (Lipinski definition) is 0. The molecule has 0 fully saturated rings. The third-order valence-electron chi connectivity index (χ3n) is 2.67. The van der Waals surface area contributed by atoms with Gasteiger partial charge in [0.15, 0.2) is 0 Å². The van der Waals surface area contributed by atoms with E-state index in [4.69, 9.17) is 11.6 Å². The van der Waals surface area contributed by atoms with E-state index in [0.29, 0.717) is 12.3 Å². The Labute approximate surface area is 104 Å². The lowest BCUT2D eigenvalue weighted by Gasteiger charge is -2.17. The molecular formula is C12H15BrClF. The van der Waals surface area contributed by atoms with Crippen LogP contribution < -0.4 is 0 Å². The highest BCUT2D eigenvalue weighted by Crippen LogP contribution is 2.23. The summed E-state index contributed by atoms with van der Waals surface area (Å²) < 4.78 is 14.3. The van der Waals surface area contributed by atoms with Crippen molar-refractivity contribution in [2.45, 2.75) is 32.1 Å². The second kappa shape index (κ2) is 5.86. The van der Waals surface area contributed by atoms with Crippen LogP contribution in [0.25, 0.3) is 0 Å². The van der Waals surface area contributed by atoms with Crippen LogP contribution in [0.15, 0.2) is 22.7 Å². The van der Waals surface area contributed by atoms with Crippen molar-refractivity contribution < 1.29 is 4.39 Å². The van der Waals surface area contributed by atoms with Crippen LogP contribution >= 0.6 is 27.5 Å². The standard InChI is InChI=1S/C12H15BrClF/c1-3-9(8(2)14)6-10-4-5-11(13)7-12(10)15/h4-5,7-9H,3,6H2,1-2H3. The Balaban J connectivity index is 2.79. The highest BCUT2D eigenvalue weighted by Gasteiger charge is 2.15. The van der Waals surface area contributed by atoms with Crippen LogP contribution in [0.5, 0.6) is 0 Å². The van der Waals surface area contributed by atoms with Gasteiger partial charge in [0.2, 0.25) is 0 Å². The molecule has 0 bridgehead atoms. The summed E-state index contributed by atoms with van der Waals surface area (Å²) in [6, 6.07) is 5.19. The van der Waals surface area contributed by atoms with Gasteiger partial charge in [0.05, 0.1) is 0 Å². The third-order valence-corrected chi connectivity index (χ3v) is 3.52. The van der Waals surface area contributed by atoms with Crippen LogP contribution in [0.4, 0.5) is 4.39 Å². The molecule has 2 atom stereocenters. The predicted octanol–water partition coefficient (Wildman–Crippen LogP) is 4.78. The minimum absolute atomic E-state index is 0.0815. The molecule has 1 rings (SSSR count). The average Bonchev–Trinajstić information content (AvgIpc) is 2.16. The first-order valence-electron chi connectivity index (χ1n) is 5.12. The van der Waals surface area contributed by atoms with Crippen LogP contribution in [-0.4, -0.2) is 5.38 Å². The molecule has 0 nitrogen and oxygen atoms in total. The first kappa shape index (κ1) is 13.0. The topological polar surface area (TPSA) is 0 Å². The molecule has 2 unspecified atom stereocenters. The van der Waals surface area contributed by atoms with Gasteiger partial charge in [0.25, 0.3) is 0 Å². The van der Waals surface area contributed by atoms with Gasteiger partial charge in [-0.2, -0.15) is 0 Å². The summed E-state index contributed by atoms with van der Waals surface area (Å²) in [5.74, 6) is 0.183. The van der Waals surface area contributed by atoms with Gasteiger partial charge in [-0.3, -0.25) is 0 Å². The summed E-state index contributed by atoms with van der Waals surface area (Å²) in [5.41, 5.74) is 0.748. The lowest BCUT2D eigenvalue weighted by atomic mass is 9.94. The normalized spacial score (nSPS) is 15.0. The smallest absolute Gasteiger partial charge is 0.127 e. The van der Waals surface area contributed by atoms with E-state index >= 15 is 0 Å². The lowest BCUT2D eigenvalue weighted by Crippen LogP contribution is -2.14. The molecule has 84 valence electrons. The number of rotatable bonds is 4. The number of benzene rings is 1. The van der Waals surface area contributed by atoms with E-state index in [-0.39, 0.29) is 11.2 Å². The Morgan fingerprint density at radius 1 is 1.47 bits per heavy atom. The van der Waals surface area contributed by atoms with E-state index in [9.17, 15) is 4.39 Å². The second-order valence-corrected chi connectivity index (χ2v) is 5.39. The van der Waals surface area contributed by atoms with E-state index < -0.39 is 0 Å². The molecule has 1 aromatic carbocycles. The third kappa shape index (κ3) is 3.76. The first-order valence-corrected chi connectivity index (χ1v) is 6.35. The van der Waals surface area contributed by atoms with Gasteiger partial charge >= 0.3 is 0 Å². The molecular weight excluding hydrogens is 278 g/mol. The SMILES string of the molecule is CCC(Cc1ccc(Br)cc1F)C(C)Cl. The molecule has 0 aliphatic heterocycles. The molecule has 0 N–H and O–H groups in total. The van der Waals surface area contributed by atoms with Crippen LogP contribution in [0.3, 0.4) is 0 Å². The Morgan fingerprint density at radius 2 is 2.13 bits per heavy atom.